The first-order chi connectivity index (χ1) is 14.1. The van der Waals surface area contributed by atoms with Crippen molar-refractivity contribution in [1.29, 1.82) is 0 Å². The molecule has 1 saturated heterocycles. The van der Waals surface area contributed by atoms with Gasteiger partial charge in [-0.3, -0.25) is 9.59 Å². The van der Waals surface area contributed by atoms with E-state index >= 15 is 0 Å². The van der Waals surface area contributed by atoms with Gasteiger partial charge in [-0.1, -0.05) is 30.3 Å². The lowest BCUT2D eigenvalue weighted by atomic mass is 10.1. The highest BCUT2D eigenvalue weighted by atomic mass is 16.3. The maximum Gasteiger partial charge on any atom is 0.289 e. The van der Waals surface area contributed by atoms with Crippen LogP contribution in [0.25, 0.3) is 11.3 Å². The number of hydrogen-bond acceptors (Lipinski definition) is 5. The zero-order valence-electron chi connectivity index (χ0n) is 16.2. The third-order valence-electron chi connectivity index (χ3n) is 4.99. The summed E-state index contributed by atoms with van der Waals surface area (Å²) >= 11 is 0. The molecule has 0 aliphatic carbocycles. The Bertz CT molecular complexity index is 1000. The second kappa shape index (κ2) is 8.26. The summed E-state index contributed by atoms with van der Waals surface area (Å²) in [5, 5.41) is 0. The van der Waals surface area contributed by atoms with Crippen molar-refractivity contribution in [2.75, 3.05) is 26.2 Å². The molecule has 1 aromatic carbocycles. The number of aromatic nitrogens is 2. The highest BCUT2D eigenvalue weighted by molar-refractivity contribution is 5.99. The molecule has 0 saturated carbocycles. The minimum absolute atomic E-state index is 0.115. The minimum atomic E-state index is -0.145. The highest BCUT2D eigenvalue weighted by Crippen LogP contribution is 2.23. The fourth-order valence-corrected chi connectivity index (χ4v) is 3.49. The SMILES string of the molecule is Cc1ncc(C(=O)N2CCCN(C(=O)c3ccco3)CC2)c(-c2ccccc2)n1. The number of rotatable bonds is 3. The second-order valence-corrected chi connectivity index (χ2v) is 6.96. The normalized spacial score (nSPS) is 14.5. The Morgan fingerprint density at radius 2 is 1.66 bits per heavy atom. The molecule has 1 aliphatic rings. The van der Waals surface area contributed by atoms with Crippen LogP contribution in [-0.4, -0.2) is 57.8 Å². The van der Waals surface area contributed by atoms with Gasteiger partial charge in [-0.2, -0.15) is 0 Å². The molecule has 4 rings (SSSR count). The minimum Gasteiger partial charge on any atom is -0.459 e. The maximum absolute atomic E-state index is 13.3. The molecule has 7 heteroatoms. The molecule has 3 aromatic rings. The Balaban J connectivity index is 1.54. The first-order valence-electron chi connectivity index (χ1n) is 9.64. The zero-order chi connectivity index (χ0) is 20.2. The van der Waals surface area contributed by atoms with Gasteiger partial charge in [-0.25, -0.2) is 9.97 Å². The predicted molar refractivity (Wildman–Crippen MR) is 107 cm³/mol. The number of hydrogen-bond donors (Lipinski definition) is 0. The first-order valence-corrected chi connectivity index (χ1v) is 9.64. The molecule has 1 fully saturated rings. The average molecular weight is 390 g/mol. The van der Waals surface area contributed by atoms with Crippen molar-refractivity contribution in [2.45, 2.75) is 13.3 Å². The van der Waals surface area contributed by atoms with Crippen molar-refractivity contribution in [1.82, 2.24) is 19.8 Å². The molecule has 2 amide bonds. The Hall–Kier alpha value is -3.48. The second-order valence-electron chi connectivity index (χ2n) is 6.96. The largest absolute Gasteiger partial charge is 0.459 e. The topological polar surface area (TPSA) is 79.5 Å². The molecular formula is C22H22N4O3. The highest BCUT2D eigenvalue weighted by Gasteiger charge is 2.26. The van der Waals surface area contributed by atoms with E-state index in [0.717, 1.165) is 5.56 Å². The molecule has 0 atom stereocenters. The fourth-order valence-electron chi connectivity index (χ4n) is 3.49. The summed E-state index contributed by atoms with van der Waals surface area (Å²) in [5.41, 5.74) is 1.99. The van der Waals surface area contributed by atoms with Crippen LogP contribution in [0.1, 0.15) is 33.2 Å². The zero-order valence-corrected chi connectivity index (χ0v) is 16.2. The fraction of sp³-hybridized carbons (Fsp3) is 0.273. The molecule has 0 unspecified atom stereocenters. The van der Waals surface area contributed by atoms with Gasteiger partial charge in [0.15, 0.2) is 5.76 Å². The molecule has 0 spiro atoms. The van der Waals surface area contributed by atoms with E-state index in [2.05, 4.69) is 9.97 Å². The van der Waals surface area contributed by atoms with E-state index < -0.39 is 0 Å². The molecule has 29 heavy (non-hydrogen) atoms. The predicted octanol–water partition coefficient (Wildman–Crippen LogP) is 3.03. The summed E-state index contributed by atoms with van der Waals surface area (Å²) < 4.78 is 5.22. The van der Waals surface area contributed by atoms with Gasteiger partial charge < -0.3 is 14.2 Å². The van der Waals surface area contributed by atoms with Crippen molar-refractivity contribution in [3.05, 3.63) is 72.1 Å². The molecule has 0 bridgehead atoms. The summed E-state index contributed by atoms with van der Waals surface area (Å²) in [6.07, 6.45) is 3.79. The first kappa shape index (κ1) is 18.9. The summed E-state index contributed by atoms with van der Waals surface area (Å²) in [6, 6.07) is 13.0. The van der Waals surface area contributed by atoms with Gasteiger partial charge in [-0.05, 0) is 25.5 Å². The molecule has 148 valence electrons. The van der Waals surface area contributed by atoms with Gasteiger partial charge in [0.05, 0.1) is 17.5 Å². The molecule has 3 heterocycles. The number of benzene rings is 1. The number of carbonyl (C=O) groups excluding carboxylic acids is 2. The third-order valence-corrected chi connectivity index (χ3v) is 4.99. The lowest BCUT2D eigenvalue weighted by Crippen LogP contribution is -2.37. The van der Waals surface area contributed by atoms with E-state index in [-0.39, 0.29) is 11.8 Å². The van der Waals surface area contributed by atoms with Crippen molar-refractivity contribution in [2.24, 2.45) is 0 Å². The van der Waals surface area contributed by atoms with E-state index in [4.69, 9.17) is 4.42 Å². The van der Waals surface area contributed by atoms with Gasteiger partial charge in [0.25, 0.3) is 11.8 Å². The molecule has 0 radical (unpaired) electrons. The number of furan rings is 1. The van der Waals surface area contributed by atoms with Crippen LogP contribution in [0.15, 0.2) is 59.3 Å². The van der Waals surface area contributed by atoms with Crippen LogP contribution in [0, 0.1) is 6.92 Å². The lowest BCUT2D eigenvalue weighted by Gasteiger charge is -2.22. The molecular weight excluding hydrogens is 368 g/mol. The van der Waals surface area contributed by atoms with Gasteiger partial charge >= 0.3 is 0 Å². The number of carbonyl (C=O) groups is 2. The summed E-state index contributed by atoms with van der Waals surface area (Å²) in [6.45, 7) is 3.87. The summed E-state index contributed by atoms with van der Waals surface area (Å²) in [5.74, 6) is 0.679. The third kappa shape index (κ3) is 4.03. The van der Waals surface area contributed by atoms with Crippen LogP contribution in [0.3, 0.4) is 0 Å². The van der Waals surface area contributed by atoms with Crippen LogP contribution in [-0.2, 0) is 0 Å². The van der Waals surface area contributed by atoms with Crippen molar-refractivity contribution in [3.63, 3.8) is 0 Å². The maximum atomic E-state index is 13.3. The molecule has 7 nitrogen and oxygen atoms in total. The van der Waals surface area contributed by atoms with Crippen molar-refractivity contribution < 1.29 is 14.0 Å². The van der Waals surface area contributed by atoms with Gasteiger partial charge in [0, 0.05) is 37.9 Å². The Morgan fingerprint density at radius 3 is 2.34 bits per heavy atom. The monoisotopic (exact) mass is 390 g/mol. The van der Waals surface area contributed by atoms with E-state index in [9.17, 15) is 9.59 Å². The Labute approximate surface area is 169 Å². The smallest absolute Gasteiger partial charge is 0.289 e. The molecule has 2 aromatic heterocycles. The van der Waals surface area contributed by atoms with Crippen LogP contribution in [0.4, 0.5) is 0 Å². The molecule has 1 aliphatic heterocycles. The average Bonchev–Trinajstić information content (AvgIpc) is 3.18. The number of aryl methyl sites for hydroxylation is 1. The van der Waals surface area contributed by atoms with Gasteiger partial charge in [0.1, 0.15) is 5.82 Å². The van der Waals surface area contributed by atoms with Crippen LogP contribution >= 0.6 is 0 Å². The van der Waals surface area contributed by atoms with E-state index in [1.165, 1.54) is 6.26 Å². The quantitative estimate of drug-likeness (QED) is 0.687. The van der Waals surface area contributed by atoms with Crippen molar-refractivity contribution >= 4 is 11.8 Å². The lowest BCUT2D eigenvalue weighted by molar-refractivity contribution is 0.0700. The van der Waals surface area contributed by atoms with E-state index in [1.54, 1.807) is 28.1 Å². The van der Waals surface area contributed by atoms with Crippen LogP contribution < -0.4 is 0 Å². The Kier molecular flexibility index (Phi) is 5.37. The van der Waals surface area contributed by atoms with Crippen molar-refractivity contribution in [3.8, 4) is 11.3 Å². The summed E-state index contributed by atoms with van der Waals surface area (Å²) in [4.78, 5) is 38.1. The van der Waals surface area contributed by atoms with Crippen LogP contribution in [0.5, 0.6) is 0 Å². The number of amides is 2. The van der Waals surface area contributed by atoms with E-state index in [0.29, 0.717) is 55.4 Å². The van der Waals surface area contributed by atoms with Gasteiger partial charge in [-0.15, -0.1) is 0 Å². The van der Waals surface area contributed by atoms with Gasteiger partial charge in [0.2, 0.25) is 0 Å². The number of nitrogens with zero attached hydrogens (tertiary/aromatic N) is 4. The van der Waals surface area contributed by atoms with E-state index in [1.807, 2.05) is 37.3 Å². The standard InChI is InChI=1S/C22H22N4O3/c1-16-23-15-18(20(24-16)17-7-3-2-4-8-17)21(27)25-10-6-11-26(13-12-25)22(28)19-9-5-14-29-19/h2-5,7-9,14-15H,6,10-13H2,1H3. The van der Waals surface area contributed by atoms with Crippen LogP contribution in [0.2, 0.25) is 0 Å². The molecule has 0 N–H and O–H groups in total. The Morgan fingerprint density at radius 1 is 0.931 bits per heavy atom. The summed E-state index contributed by atoms with van der Waals surface area (Å²) in [7, 11) is 0.